The minimum atomic E-state index is -0.634. The second-order valence-corrected chi connectivity index (χ2v) is 5.67. The van der Waals surface area contributed by atoms with Gasteiger partial charge in [-0.2, -0.15) is 5.10 Å². The normalized spacial score (nSPS) is 24.5. The molecule has 1 aromatic rings. The van der Waals surface area contributed by atoms with Gasteiger partial charge in [0.2, 0.25) is 0 Å². The highest BCUT2D eigenvalue weighted by Gasteiger charge is 2.41. The van der Waals surface area contributed by atoms with E-state index >= 15 is 0 Å². The molecule has 19 heavy (non-hydrogen) atoms. The van der Waals surface area contributed by atoms with Gasteiger partial charge in [0, 0.05) is 31.9 Å². The van der Waals surface area contributed by atoms with Gasteiger partial charge in [0.15, 0.2) is 0 Å². The molecule has 0 aliphatic carbocycles. The second kappa shape index (κ2) is 5.74. The van der Waals surface area contributed by atoms with Crippen LogP contribution in [0.25, 0.3) is 0 Å². The van der Waals surface area contributed by atoms with E-state index in [-0.39, 0.29) is 0 Å². The lowest BCUT2D eigenvalue weighted by atomic mass is 9.76. The molecule has 0 amide bonds. The van der Waals surface area contributed by atoms with Crippen LogP contribution < -0.4 is 0 Å². The second-order valence-electron chi connectivity index (χ2n) is 5.67. The van der Waals surface area contributed by atoms with Crippen molar-refractivity contribution in [2.24, 2.45) is 12.5 Å². The fourth-order valence-electron chi connectivity index (χ4n) is 3.14. The Morgan fingerprint density at radius 2 is 2.37 bits per heavy atom. The summed E-state index contributed by atoms with van der Waals surface area (Å²) in [4.78, 5) is 13.9. The number of rotatable bonds is 5. The van der Waals surface area contributed by atoms with Crippen molar-refractivity contribution in [3.8, 4) is 0 Å². The molecule has 1 fully saturated rings. The summed E-state index contributed by atoms with van der Waals surface area (Å²) in [6.45, 7) is 4.50. The van der Waals surface area contributed by atoms with Crippen LogP contribution in [-0.4, -0.2) is 38.8 Å². The Morgan fingerprint density at radius 1 is 1.58 bits per heavy atom. The molecule has 2 rings (SSSR count). The SMILES string of the molecule is CCCC1(C(=O)O)CCCN(Cc2cnn(C)c2)C1. The fourth-order valence-corrected chi connectivity index (χ4v) is 3.14. The molecule has 1 aliphatic rings. The lowest BCUT2D eigenvalue weighted by Gasteiger charge is -2.39. The number of nitrogens with zero attached hydrogens (tertiary/aromatic N) is 3. The van der Waals surface area contributed by atoms with Crippen LogP contribution in [0.3, 0.4) is 0 Å². The zero-order chi connectivity index (χ0) is 13.9. The Labute approximate surface area is 114 Å². The molecule has 1 unspecified atom stereocenters. The largest absolute Gasteiger partial charge is 0.481 e. The minimum Gasteiger partial charge on any atom is -0.481 e. The maximum atomic E-state index is 11.6. The molecule has 1 saturated heterocycles. The maximum absolute atomic E-state index is 11.6. The summed E-state index contributed by atoms with van der Waals surface area (Å²) in [5.74, 6) is -0.634. The quantitative estimate of drug-likeness (QED) is 0.883. The van der Waals surface area contributed by atoms with Crippen molar-refractivity contribution < 1.29 is 9.90 Å². The fraction of sp³-hybridized carbons (Fsp3) is 0.714. The first kappa shape index (κ1) is 14.1. The van der Waals surface area contributed by atoms with Gasteiger partial charge in [0.05, 0.1) is 11.6 Å². The Bertz CT molecular complexity index is 440. The topological polar surface area (TPSA) is 58.4 Å². The van der Waals surface area contributed by atoms with Crippen LogP contribution in [0.5, 0.6) is 0 Å². The smallest absolute Gasteiger partial charge is 0.310 e. The van der Waals surface area contributed by atoms with E-state index in [9.17, 15) is 9.90 Å². The third-order valence-corrected chi connectivity index (χ3v) is 4.00. The number of likely N-dealkylation sites (tertiary alicyclic amines) is 1. The zero-order valence-electron chi connectivity index (χ0n) is 11.8. The molecular formula is C14H23N3O2. The first-order valence-corrected chi connectivity index (χ1v) is 6.99. The van der Waals surface area contributed by atoms with Gasteiger partial charge in [-0.3, -0.25) is 14.4 Å². The molecule has 1 aliphatic heterocycles. The van der Waals surface area contributed by atoms with E-state index in [1.165, 1.54) is 0 Å². The van der Waals surface area contributed by atoms with Crippen LogP contribution in [0.15, 0.2) is 12.4 Å². The molecule has 1 N–H and O–H groups in total. The van der Waals surface area contributed by atoms with E-state index in [1.807, 2.05) is 19.4 Å². The van der Waals surface area contributed by atoms with Crippen LogP contribution in [-0.2, 0) is 18.4 Å². The number of aromatic nitrogens is 2. The highest BCUT2D eigenvalue weighted by Crippen LogP contribution is 2.35. The number of aryl methyl sites for hydroxylation is 1. The number of carbonyl (C=O) groups is 1. The van der Waals surface area contributed by atoms with Crippen molar-refractivity contribution in [1.29, 1.82) is 0 Å². The van der Waals surface area contributed by atoms with E-state index in [0.29, 0.717) is 6.54 Å². The van der Waals surface area contributed by atoms with Gasteiger partial charge in [-0.1, -0.05) is 13.3 Å². The highest BCUT2D eigenvalue weighted by atomic mass is 16.4. The molecule has 5 heteroatoms. The number of aliphatic carboxylic acids is 1. The van der Waals surface area contributed by atoms with E-state index in [1.54, 1.807) is 4.68 Å². The van der Waals surface area contributed by atoms with E-state index in [4.69, 9.17) is 0 Å². The molecule has 5 nitrogen and oxygen atoms in total. The van der Waals surface area contributed by atoms with Crippen LogP contribution in [0, 0.1) is 5.41 Å². The molecule has 0 radical (unpaired) electrons. The third-order valence-electron chi connectivity index (χ3n) is 4.00. The first-order valence-electron chi connectivity index (χ1n) is 6.99. The van der Waals surface area contributed by atoms with E-state index in [2.05, 4.69) is 16.9 Å². The van der Waals surface area contributed by atoms with Crippen molar-refractivity contribution in [1.82, 2.24) is 14.7 Å². The van der Waals surface area contributed by atoms with Crippen molar-refractivity contribution in [2.45, 2.75) is 39.2 Å². The maximum Gasteiger partial charge on any atom is 0.310 e. The molecule has 106 valence electrons. The molecular weight excluding hydrogens is 242 g/mol. The number of hydrogen-bond donors (Lipinski definition) is 1. The Balaban J connectivity index is 2.05. The Hall–Kier alpha value is -1.36. The van der Waals surface area contributed by atoms with Crippen LogP contribution >= 0.6 is 0 Å². The zero-order valence-corrected chi connectivity index (χ0v) is 11.8. The average Bonchev–Trinajstić information content (AvgIpc) is 2.75. The van der Waals surface area contributed by atoms with Crippen LogP contribution in [0.2, 0.25) is 0 Å². The average molecular weight is 265 g/mol. The molecule has 1 aromatic heterocycles. The van der Waals surface area contributed by atoms with Gasteiger partial charge >= 0.3 is 5.97 Å². The van der Waals surface area contributed by atoms with Crippen molar-refractivity contribution >= 4 is 5.97 Å². The number of carboxylic acids is 1. The number of piperidine rings is 1. The molecule has 1 atom stereocenters. The van der Waals surface area contributed by atoms with Gasteiger partial charge in [-0.05, 0) is 25.8 Å². The molecule has 2 heterocycles. The van der Waals surface area contributed by atoms with Crippen molar-refractivity contribution in [2.75, 3.05) is 13.1 Å². The highest BCUT2D eigenvalue weighted by molar-refractivity contribution is 5.75. The molecule has 0 bridgehead atoms. The first-order chi connectivity index (χ1) is 9.05. The summed E-state index contributed by atoms with van der Waals surface area (Å²) in [5.41, 5.74) is 0.607. The van der Waals surface area contributed by atoms with Crippen molar-refractivity contribution in [3.63, 3.8) is 0 Å². The molecule has 0 aromatic carbocycles. The van der Waals surface area contributed by atoms with Crippen LogP contribution in [0.1, 0.15) is 38.2 Å². The van der Waals surface area contributed by atoms with E-state index in [0.717, 1.165) is 44.3 Å². The van der Waals surface area contributed by atoms with Gasteiger partial charge in [0.25, 0.3) is 0 Å². The summed E-state index contributed by atoms with van der Waals surface area (Å²) in [6.07, 6.45) is 7.32. The lowest BCUT2D eigenvalue weighted by Crippen LogP contribution is -2.47. The van der Waals surface area contributed by atoms with E-state index < -0.39 is 11.4 Å². The number of carboxylic acid groups (broad SMARTS) is 1. The molecule has 0 saturated carbocycles. The summed E-state index contributed by atoms with van der Waals surface area (Å²) < 4.78 is 1.79. The predicted octanol–water partition coefficient (Wildman–Crippen LogP) is 1.89. The van der Waals surface area contributed by atoms with Gasteiger partial charge in [-0.15, -0.1) is 0 Å². The van der Waals surface area contributed by atoms with Gasteiger partial charge in [0.1, 0.15) is 0 Å². The summed E-state index contributed by atoms with van der Waals surface area (Å²) in [5, 5.41) is 13.7. The minimum absolute atomic E-state index is 0.546. The molecule has 0 spiro atoms. The Kier molecular flexibility index (Phi) is 4.24. The monoisotopic (exact) mass is 265 g/mol. The summed E-state index contributed by atoms with van der Waals surface area (Å²) >= 11 is 0. The van der Waals surface area contributed by atoms with Crippen LogP contribution in [0.4, 0.5) is 0 Å². The summed E-state index contributed by atoms with van der Waals surface area (Å²) in [6, 6.07) is 0. The van der Waals surface area contributed by atoms with Gasteiger partial charge in [-0.25, -0.2) is 0 Å². The van der Waals surface area contributed by atoms with Crippen molar-refractivity contribution in [3.05, 3.63) is 18.0 Å². The third kappa shape index (κ3) is 3.15. The lowest BCUT2D eigenvalue weighted by molar-refractivity contribution is -0.153. The summed E-state index contributed by atoms with van der Waals surface area (Å²) in [7, 11) is 1.90. The van der Waals surface area contributed by atoms with Gasteiger partial charge < -0.3 is 5.11 Å². The number of hydrogen-bond acceptors (Lipinski definition) is 3. The Morgan fingerprint density at radius 3 is 2.95 bits per heavy atom. The predicted molar refractivity (Wildman–Crippen MR) is 72.7 cm³/mol. The standard InChI is InChI=1S/C14H23N3O2/c1-3-5-14(13(18)19)6-4-7-17(11-14)10-12-8-15-16(2)9-12/h8-9H,3-7,10-11H2,1-2H3,(H,18,19).